The van der Waals surface area contributed by atoms with Crippen LogP contribution in [0.3, 0.4) is 0 Å². The first kappa shape index (κ1) is 21.5. The second kappa shape index (κ2) is 9.21. The molecule has 0 aromatic heterocycles. The molecule has 0 saturated heterocycles. The SMILES string of the molecule is O=C1OC(c2ccc(Cl)c(Cl)c2)=N/C1=C\c1cccc(OCc2ccc([N+](=O)[O-])cc2)c1. The van der Waals surface area contributed by atoms with E-state index in [0.29, 0.717) is 26.9 Å². The molecule has 1 aliphatic rings. The van der Waals surface area contributed by atoms with Gasteiger partial charge in [0.1, 0.15) is 12.4 Å². The predicted molar refractivity (Wildman–Crippen MR) is 121 cm³/mol. The van der Waals surface area contributed by atoms with Crippen molar-refractivity contribution in [2.24, 2.45) is 4.99 Å². The Balaban J connectivity index is 1.48. The zero-order chi connectivity index (χ0) is 22.7. The quantitative estimate of drug-likeness (QED) is 0.196. The lowest BCUT2D eigenvalue weighted by molar-refractivity contribution is -0.384. The van der Waals surface area contributed by atoms with E-state index in [1.54, 1.807) is 60.7 Å². The maximum absolute atomic E-state index is 12.2. The summed E-state index contributed by atoms with van der Waals surface area (Å²) in [6.07, 6.45) is 1.59. The van der Waals surface area contributed by atoms with Gasteiger partial charge >= 0.3 is 5.97 Å². The number of rotatable bonds is 6. The van der Waals surface area contributed by atoms with Crippen molar-refractivity contribution < 1.29 is 19.2 Å². The second-order valence-corrected chi connectivity index (χ2v) is 7.56. The first-order valence-corrected chi connectivity index (χ1v) is 10.1. The molecule has 160 valence electrons. The van der Waals surface area contributed by atoms with Gasteiger partial charge in [-0.05, 0) is 59.7 Å². The minimum atomic E-state index is -0.580. The highest BCUT2D eigenvalue weighted by molar-refractivity contribution is 6.42. The lowest BCUT2D eigenvalue weighted by Gasteiger charge is -2.07. The average Bonchev–Trinajstić information content (AvgIpc) is 3.15. The van der Waals surface area contributed by atoms with Gasteiger partial charge in [0, 0.05) is 17.7 Å². The topological polar surface area (TPSA) is 91.0 Å². The number of hydrogen-bond acceptors (Lipinski definition) is 6. The molecule has 0 bridgehead atoms. The number of aliphatic imine (C=N–C) groups is 1. The van der Waals surface area contributed by atoms with Gasteiger partial charge in [0.05, 0.1) is 15.0 Å². The van der Waals surface area contributed by atoms with Crippen LogP contribution in [0.5, 0.6) is 5.75 Å². The van der Waals surface area contributed by atoms with E-state index >= 15 is 0 Å². The van der Waals surface area contributed by atoms with Crippen LogP contribution in [0.4, 0.5) is 5.69 Å². The number of carbonyl (C=O) groups excluding carboxylic acids is 1. The van der Waals surface area contributed by atoms with E-state index in [1.165, 1.54) is 12.1 Å². The Labute approximate surface area is 192 Å². The Morgan fingerprint density at radius 3 is 2.53 bits per heavy atom. The minimum Gasteiger partial charge on any atom is -0.489 e. The molecule has 3 aromatic rings. The van der Waals surface area contributed by atoms with E-state index < -0.39 is 10.9 Å². The maximum Gasteiger partial charge on any atom is 0.363 e. The van der Waals surface area contributed by atoms with Crippen LogP contribution in [0.1, 0.15) is 16.7 Å². The van der Waals surface area contributed by atoms with Crippen molar-refractivity contribution in [3.8, 4) is 5.75 Å². The van der Waals surface area contributed by atoms with Gasteiger partial charge in [-0.15, -0.1) is 0 Å². The smallest absolute Gasteiger partial charge is 0.363 e. The largest absolute Gasteiger partial charge is 0.489 e. The first-order chi connectivity index (χ1) is 15.4. The van der Waals surface area contributed by atoms with E-state index in [9.17, 15) is 14.9 Å². The van der Waals surface area contributed by atoms with Crippen LogP contribution in [-0.2, 0) is 16.1 Å². The van der Waals surface area contributed by atoms with Gasteiger partial charge in [-0.25, -0.2) is 9.79 Å². The van der Waals surface area contributed by atoms with Crippen LogP contribution in [0.25, 0.3) is 6.08 Å². The summed E-state index contributed by atoms with van der Waals surface area (Å²) in [5, 5.41) is 11.5. The van der Waals surface area contributed by atoms with Crippen LogP contribution >= 0.6 is 23.2 Å². The van der Waals surface area contributed by atoms with E-state index in [1.807, 2.05) is 0 Å². The first-order valence-electron chi connectivity index (χ1n) is 9.33. The molecular weight excluding hydrogens is 455 g/mol. The fourth-order valence-corrected chi connectivity index (χ4v) is 3.19. The number of benzene rings is 3. The maximum atomic E-state index is 12.2. The average molecular weight is 469 g/mol. The fraction of sp³-hybridized carbons (Fsp3) is 0.0435. The monoisotopic (exact) mass is 468 g/mol. The van der Waals surface area contributed by atoms with Gasteiger partial charge in [-0.1, -0.05) is 35.3 Å². The third-order valence-corrected chi connectivity index (χ3v) is 5.24. The summed E-state index contributed by atoms with van der Waals surface area (Å²) in [6.45, 7) is 0.236. The highest BCUT2D eigenvalue weighted by Crippen LogP contribution is 2.26. The number of nitro benzene ring substituents is 1. The van der Waals surface area contributed by atoms with Crippen molar-refractivity contribution in [2.75, 3.05) is 0 Å². The number of nitro groups is 1. The number of carbonyl (C=O) groups is 1. The van der Waals surface area contributed by atoms with Gasteiger partial charge in [-0.3, -0.25) is 10.1 Å². The van der Waals surface area contributed by atoms with Crippen molar-refractivity contribution in [2.45, 2.75) is 6.61 Å². The molecule has 9 heteroatoms. The van der Waals surface area contributed by atoms with Crippen molar-refractivity contribution >= 4 is 46.8 Å². The Morgan fingerprint density at radius 2 is 1.81 bits per heavy atom. The minimum absolute atomic E-state index is 0.0200. The zero-order valence-corrected chi connectivity index (χ0v) is 17.8. The van der Waals surface area contributed by atoms with Crippen LogP contribution in [0.15, 0.2) is 77.4 Å². The summed E-state index contributed by atoms with van der Waals surface area (Å²) >= 11 is 11.9. The van der Waals surface area contributed by atoms with Crippen LogP contribution in [-0.4, -0.2) is 16.8 Å². The molecule has 1 aliphatic heterocycles. The molecule has 0 N–H and O–H groups in total. The number of esters is 1. The van der Waals surface area contributed by atoms with Crippen molar-refractivity contribution in [3.05, 3.63) is 109 Å². The highest BCUT2D eigenvalue weighted by Gasteiger charge is 2.24. The molecule has 0 aliphatic carbocycles. The Kier molecular flexibility index (Phi) is 6.20. The van der Waals surface area contributed by atoms with Crippen LogP contribution in [0.2, 0.25) is 10.0 Å². The Hall–Kier alpha value is -3.68. The zero-order valence-electron chi connectivity index (χ0n) is 16.3. The summed E-state index contributed by atoms with van der Waals surface area (Å²) in [5.74, 6) is 0.131. The van der Waals surface area contributed by atoms with Crippen molar-refractivity contribution in [1.29, 1.82) is 0 Å². The predicted octanol–water partition coefficient (Wildman–Crippen LogP) is 5.83. The molecule has 4 rings (SSSR count). The number of halogens is 2. The lowest BCUT2D eigenvalue weighted by atomic mass is 10.2. The molecule has 0 fully saturated rings. The molecule has 0 amide bonds. The molecule has 0 radical (unpaired) electrons. The number of ether oxygens (including phenoxy) is 2. The number of nitrogens with zero attached hydrogens (tertiary/aromatic N) is 2. The summed E-state index contributed by atoms with van der Waals surface area (Å²) in [4.78, 5) is 26.8. The van der Waals surface area contributed by atoms with Gasteiger partial charge in [0.2, 0.25) is 5.90 Å². The molecule has 1 heterocycles. The molecule has 7 nitrogen and oxygen atoms in total. The standard InChI is InChI=1S/C23H14Cl2N2O5/c24-19-9-6-16(12-20(19)25)22-26-21(23(28)32-22)11-15-2-1-3-18(10-15)31-13-14-4-7-17(8-5-14)27(29)30/h1-12H,13H2/b21-11-. The van der Waals surface area contributed by atoms with Crippen molar-refractivity contribution in [3.63, 3.8) is 0 Å². The third-order valence-electron chi connectivity index (χ3n) is 4.50. The van der Waals surface area contributed by atoms with Crippen molar-refractivity contribution in [1.82, 2.24) is 0 Å². The Morgan fingerprint density at radius 1 is 1.03 bits per heavy atom. The Bertz CT molecular complexity index is 1270. The van der Waals surface area contributed by atoms with Gasteiger partial charge < -0.3 is 9.47 Å². The normalized spacial score (nSPS) is 14.2. The third kappa shape index (κ3) is 4.96. The number of hydrogen-bond donors (Lipinski definition) is 0. The molecule has 0 saturated carbocycles. The fourth-order valence-electron chi connectivity index (χ4n) is 2.89. The molecule has 3 aromatic carbocycles. The van der Waals surface area contributed by atoms with Gasteiger partial charge in [-0.2, -0.15) is 0 Å². The lowest BCUT2D eigenvalue weighted by Crippen LogP contribution is -2.05. The molecular formula is C23H14Cl2N2O5. The van der Waals surface area contributed by atoms with Gasteiger partial charge in [0.25, 0.3) is 5.69 Å². The second-order valence-electron chi connectivity index (χ2n) is 6.75. The van der Waals surface area contributed by atoms with E-state index in [-0.39, 0.29) is 23.9 Å². The summed E-state index contributed by atoms with van der Waals surface area (Å²) in [7, 11) is 0. The summed E-state index contributed by atoms with van der Waals surface area (Å²) in [5.41, 5.74) is 2.17. The number of non-ortho nitro benzene ring substituents is 1. The van der Waals surface area contributed by atoms with E-state index in [4.69, 9.17) is 32.7 Å². The van der Waals surface area contributed by atoms with E-state index in [2.05, 4.69) is 4.99 Å². The molecule has 32 heavy (non-hydrogen) atoms. The molecule has 0 spiro atoms. The highest BCUT2D eigenvalue weighted by atomic mass is 35.5. The molecule has 0 atom stereocenters. The number of cyclic esters (lactones) is 1. The summed E-state index contributed by atoms with van der Waals surface area (Å²) < 4.78 is 11.0. The van der Waals surface area contributed by atoms with E-state index in [0.717, 1.165) is 5.56 Å². The summed E-state index contributed by atoms with van der Waals surface area (Å²) in [6, 6.07) is 18.1. The van der Waals surface area contributed by atoms with Crippen LogP contribution in [0, 0.1) is 10.1 Å². The van der Waals surface area contributed by atoms with Crippen LogP contribution < -0.4 is 4.74 Å². The molecule has 0 unspecified atom stereocenters. The van der Waals surface area contributed by atoms with Gasteiger partial charge in [0.15, 0.2) is 5.70 Å².